The quantitative estimate of drug-likeness (QED) is 0.918. The second kappa shape index (κ2) is 5.77. The SMILES string of the molecule is CCNCC1CCCN(C2=NS(=O)(=O)c3ccccc32)C1. The van der Waals surface area contributed by atoms with Crippen molar-refractivity contribution in [1.29, 1.82) is 0 Å². The molecule has 0 aromatic heterocycles. The van der Waals surface area contributed by atoms with Crippen molar-refractivity contribution in [3.05, 3.63) is 29.8 Å². The van der Waals surface area contributed by atoms with E-state index in [1.54, 1.807) is 12.1 Å². The minimum absolute atomic E-state index is 0.341. The van der Waals surface area contributed by atoms with Gasteiger partial charge in [0.25, 0.3) is 10.0 Å². The van der Waals surface area contributed by atoms with Crippen LogP contribution in [0.15, 0.2) is 33.6 Å². The van der Waals surface area contributed by atoms with Crippen molar-refractivity contribution in [2.75, 3.05) is 26.2 Å². The molecule has 1 aromatic carbocycles. The highest BCUT2D eigenvalue weighted by atomic mass is 32.2. The van der Waals surface area contributed by atoms with Gasteiger partial charge >= 0.3 is 0 Å². The number of amidine groups is 1. The van der Waals surface area contributed by atoms with Crippen LogP contribution >= 0.6 is 0 Å². The zero-order valence-electron chi connectivity index (χ0n) is 12.2. The van der Waals surface area contributed by atoms with Gasteiger partial charge in [0.1, 0.15) is 4.90 Å². The van der Waals surface area contributed by atoms with Crippen LogP contribution in [-0.4, -0.2) is 45.3 Å². The maximum absolute atomic E-state index is 12.1. The molecule has 114 valence electrons. The van der Waals surface area contributed by atoms with Gasteiger partial charge < -0.3 is 10.2 Å². The first kappa shape index (κ1) is 14.5. The Morgan fingerprint density at radius 1 is 1.38 bits per heavy atom. The molecule has 1 N–H and O–H groups in total. The third kappa shape index (κ3) is 2.82. The molecule has 0 bridgehead atoms. The molecule has 1 unspecified atom stereocenters. The van der Waals surface area contributed by atoms with Crippen LogP contribution in [0.25, 0.3) is 0 Å². The van der Waals surface area contributed by atoms with E-state index in [4.69, 9.17) is 0 Å². The van der Waals surface area contributed by atoms with Gasteiger partial charge in [0.15, 0.2) is 5.84 Å². The number of piperidine rings is 1. The Bertz CT molecular complexity index is 655. The Kier molecular flexibility index (Phi) is 3.99. The van der Waals surface area contributed by atoms with Crippen LogP contribution in [-0.2, 0) is 10.0 Å². The molecule has 3 rings (SSSR count). The first-order chi connectivity index (χ1) is 10.1. The van der Waals surface area contributed by atoms with Crippen molar-refractivity contribution in [1.82, 2.24) is 10.2 Å². The fraction of sp³-hybridized carbons (Fsp3) is 0.533. The summed E-state index contributed by atoms with van der Waals surface area (Å²) in [6.45, 7) is 5.80. The Morgan fingerprint density at radius 2 is 2.19 bits per heavy atom. The smallest absolute Gasteiger partial charge is 0.285 e. The van der Waals surface area contributed by atoms with Crippen molar-refractivity contribution in [2.24, 2.45) is 10.3 Å². The largest absolute Gasteiger partial charge is 0.355 e. The monoisotopic (exact) mass is 307 g/mol. The van der Waals surface area contributed by atoms with Crippen molar-refractivity contribution in [3.8, 4) is 0 Å². The van der Waals surface area contributed by atoms with Gasteiger partial charge in [-0.15, -0.1) is 4.40 Å². The van der Waals surface area contributed by atoms with Crippen LogP contribution in [0.1, 0.15) is 25.3 Å². The van der Waals surface area contributed by atoms with Crippen LogP contribution in [0.5, 0.6) is 0 Å². The van der Waals surface area contributed by atoms with Gasteiger partial charge in [0.05, 0.1) is 0 Å². The molecule has 0 radical (unpaired) electrons. The van der Waals surface area contributed by atoms with Gasteiger partial charge in [-0.3, -0.25) is 0 Å². The topological polar surface area (TPSA) is 61.8 Å². The average Bonchev–Trinajstić information content (AvgIpc) is 2.78. The summed E-state index contributed by atoms with van der Waals surface area (Å²) in [5.74, 6) is 1.18. The third-order valence-corrected chi connectivity index (χ3v) is 5.44. The molecule has 2 heterocycles. The van der Waals surface area contributed by atoms with Crippen LogP contribution in [0.3, 0.4) is 0 Å². The average molecular weight is 307 g/mol. The number of fused-ring (bicyclic) bond motifs is 1. The van der Waals surface area contributed by atoms with E-state index < -0.39 is 10.0 Å². The molecule has 1 atom stereocenters. The number of likely N-dealkylation sites (tertiary alicyclic amines) is 1. The number of hydrogen-bond acceptors (Lipinski definition) is 4. The first-order valence-corrected chi connectivity index (χ1v) is 8.96. The molecular formula is C15H21N3O2S. The Labute approximate surface area is 126 Å². The molecule has 5 nitrogen and oxygen atoms in total. The van der Waals surface area contributed by atoms with Gasteiger partial charge in [0.2, 0.25) is 0 Å². The first-order valence-electron chi connectivity index (χ1n) is 7.52. The molecule has 2 aliphatic rings. The molecule has 0 aliphatic carbocycles. The molecular weight excluding hydrogens is 286 g/mol. The molecule has 0 amide bonds. The van der Waals surface area contributed by atoms with E-state index in [1.165, 1.54) is 6.42 Å². The van der Waals surface area contributed by atoms with Crippen molar-refractivity contribution in [2.45, 2.75) is 24.7 Å². The summed E-state index contributed by atoms with van der Waals surface area (Å²) < 4.78 is 28.3. The lowest BCUT2D eigenvalue weighted by atomic mass is 9.97. The summed E-state index contributed by atoms with van der Waals surface area (Å²) in [4.78, 5) is 2.48. The summed E-state index contributed by atoms with van der Waals surface area (Å²) in [5, 5.41) is 3.38. The minimum Gasteiger partial charge on any atom is -0.355 e. The fourth-order valence-corrected chi connectivity index (χ4v) is 4.32. The Morgan fingerprint density at radius 3 is 3.00 bits per heavy atom. The van der Waals surface area contributed by atoms with E-state index in [0.29, 0.717) is 16.6 Å². The van der Waals surface area contributed by atoms with E-state index in [0.717, 1.165) is 38.2 Å². The van der Waals surface area contributed by atoms with E-state index in [2.05, 4.69) is 21.5 Å². The molecule has 6 heteroatoms. The highest BCUT2D eigenvalue weighted by Crippen LogP contribution is 2.29. The second-order valence-electron chi connectivity index (χ2n) is 5.65. The van der Waals surface area contributed by atoms with Crippen LogP contribution in [0.2, 0.25) is 0 Å². The summed E-state index contributed by atoms with van der Waals surface area (Å²) in [5.41, 5.74) is 0.751. The Balaban J connectivity index is 1.84. The van der Waals surface area contributed by atoms with Gasteiger partial charge in [-0.25, -0.2) is 0 Å². The van der Waals surface area contributed by atoms with Gasteiger partial charge in [-0.1, -0.05) is 19.1 Å². The van der Waals surface area contributed by atoms with Crippen LogP contribution in [0.4, 0.5) is 0 Å². The molecule has 0 spiro atoms. The predicted octanol–water partition coefficient (Wildman–Crippen LogP) is 1.46. The normalized spacial score (nSPS) is 23.8. The number of rotatable bonds is 3. The summed E-state index contributed by atoms with van der Waals surface area (Å²) >= 11 is 0. The lowest BCUT2D eigenvalue weighted by Gasteiger charge is -2.34. The number of sulfonamides is 1. The van der Waals surface area contributed by atoms with Crippen LogP contribution < -0.4 is 5.32 Å². The van der Waals surface area contributed by atoms with Gasteiger partial charge in [-0.2, -0.15) is 8.42 Å². The van der Waals surface area contributed by atoms with Crippen molar-refractivity contribution < 1.29 is 8.42 Å². The van der Waals surface area contributed by atoms with E-state index in [-0.39, 0.29) is 0 Å². The third-order valence-electron chi connectivity index (χ3n) is 4.11. The lowest BCUT2D eigenvalue weighted by Crippen LogP contribution is -2.42. The lowest BCUT2D eigenvalue weighted by molar-refractivity contribution is 0.254. The number of nitrogens with one attached hydrogen (secondary N) is 1. The van der Waals surface area contributed by atoms with E-state index >= 15 is 0 Å². The molecule has 1 fully saturated rings. The highest BCUT2D eigenvalue weighted by molar-refractivity contribution is 7.90. The standard InChI is InChI=1S/C15H21N3O2S/c1-2-16-10-12-6-5-9-18(11-12)15-13-7-3-4-8-14(13)21(19,20)17-15/h3-4,7-8,12,16H,2,5-6,9-11H2,1H3. The maximum Gasteiger partial charge on any atom is 0.285 e. The number of hydrogen-bond donors (Lipinski definition) is 1. The zero-order valence-corrected chi connectivity index (χ0v) is 13.1. The van der Waals surface area contributed by atoms with Crippen molar-refractivity contribution >= 4 is 15.9 Å². The molecule has 2 aliphatic heterocycles. The Hall–Kier alpha value is -1.40. The van der Waals surface area contributed by atoms with Crippen molar-refractivity contribution in [3.63, 3.8) is 0 Å². The fourth-order valence-electron chi connectivity index (χ4n) is 3.09. The zero-order chi connectivity index (χ0) is 14.9. The maximum atomic E-state index is 12.1. The summed E-state index contributed by atoms with van der Waals surface area (Å²) in [7, 11) is -3.51. The number of nitrogens with zero attached hydrogens (tertiary/aromatic N) is 2. The van der Waals surface area contributed by atoms with E-state index in [9.17, 15) is 8.42 Å². The van der Waals surface area contributed by atoms with E-state index in [1.807, 2.05) is 12.1 Å². The predicted molar refractivity (Wildman–Crippen MR) is 83.0 cm³/mol. The molecule has 0 saturated carbocycles. The summed E-state index contributed by atoms with van der Waals surface area (Å²) in [6.07, 6.45) is 2.27. The minimum atomic E-state index is -3.51. The second-order valence-corrected chi connectivity index (χ2v) is 7.22. The highest BCUT2D eigenvalue weighted by Gasteiger charge is 2.33. The van der Waals surface area contributed by atoms with Gasteiger partial charge in [0, 0.05) is 18.7 Å². The molecule has 1 saturated heterocycles. The summed E-state index contributed by atoms with van der Waals surface area (Å²) in [6, 6.07) is 7.11. The number of benzene rings is 1. The van der Waals surface area contributed by atoms with Gasteiger partial charge in [-0.05, 0) is 44.0 Å². The molecule has 1 aromatic rings. The van der Waals surface area contributed by atoms with Crippen LogP contribution in [0, 0.1) is 5.92 Å². The molecule has 21 heavy (non-hydrogen) atoms.